The fraction of sp³-hybridized carbons (Fsp3) is 0.316. The molecule has 0 aliphatic rings. The van der Waals surface area contributed by atoms with Crippen molar-refractivity contribution in [2.24, 2.45) is 0 Å². The summed E-state index contributed by atoms with van der Waals surface area (Å²) >= 11 is 1.35. The number of benzene rings is 1. The summed E-state index contributed by atoms with van der Waals surface area (Å²) in [5.74, 6) is 0.399. The molecule has 0 aliphatic heterocycles. The maximum atomic E-state index is 12.6. The molecule has 136 valence electrons. The van der Waals surface area contributed by atoms with Crippen LogP contribution in [-0.2, 0) is 11.3 Å². The quantitative estimate of drug-likeness (QED) is 0.450. The second-order valence-electron chi connectivity index (χ2n) is 5.95. The van der Waals surface area contributed by atoms with E-state index in [2.05, 4.69) is 14.6 Å². The Morgan fingerprint density at radius 3 is 2.73 bits per heavy atom. The highest BCUT2D eigenvalue weighted by atomic mass is 32.2. The van der Waals surface area contributed by atoms with Crippen LogP contribution in [0.1, 0.15) is 21.7 Å². The Hall–Kier alpha value is -2.38. The van der Waals surface area contributed by atoms with E-state index in [-0.39, 0.29) is 5.78 Å². The molecule has 1 aromatic carbocycles. The lowest BCUT2D eigenvalue weighted by molar-refractivity contribution is 0.102. The van der Waals surface area contributed by atoms with E-state index >= 15 is 0 Å². The molecule has 0 fully saturated rings. The summed E-state index contributed by atoms with van der Waals surface area (Å²) in [6, 6.07) is 11.7. The Morgan fingerprint density at radius 1 is 1.23 bits per heavy atom. The van der Waals surface area contributed by atoms with Crippen molar-refractivity contribution < 1.29 is 9.53 Å². The predicted molar refractivity (Wildman–Crippen MR) is 102 cm³/mol. The first-order valence-corrected chi connectivity index (χ1v) is 9.37. The van der Waals surface area contributed by atoms with Gasteiger partial charge >= 0.3 is 0 Å². The molecule has 0 aliphatic carbocycles. The fourth-order valence-electron chi connectivity index (χ4n) is 2.84. The van der Waals surface area contributed by atoms with Crippen molar-refractivity contribution in [2.75, 3.05) is 19.5 Å². The first-order valence-electron chi connectivity index (χ1n) is 8.39. The smallest absolute Gasteiger partial charge is 0.209 e. The highest BCUT2D eigenvalue weighted by molar-refractivity contribution is 7.99. The van der Waals surface area contributed by atoms with E-state index in [0.29, 0.717) is 17.5 Å². The average molecular weight is 370 g/mol. The van der Waals surface area contributed by atoms with Crippen molar-refractivity contribution in [3.8, 4) is 5.69 Å². The molecule has 0 bridgehead atoms. The SMILES string of the molecule is COCCn1c(C)cc(C(=O)CSc2ncn(-c3ccccc3)n2)c1C. The molecule has 0 saturated carbocycles. The van der Waals surface area contributed by atoms with Crippen LogP contribution in [-0.4, -0.2) is 44.6 Å². The van der Waals surface area contributed by atoms with Crippen LogP contribution in [0.15, 0.2) is 47.9 Å². The standard InChI is InChI=1S/C19H22N4O2S/c1-14-11-17(15(2)22(14)9-10-25-3)18(24)12-26-19-20-13-23(21-19)16-7-5-4-6-8-16/h4-8,11,13H,9-10,12H2,1-3H3. The number of thioether (sulfide) groups is 1. The molecular weight excluding hydrogens is 348 g/mol. The highest BCUT2D eigenvalue weighted by Gasteiger charge is 2.16. The summed E-state index contributed by atoms with van der Waals surface area (Å²) in [5, 5.41) is 5.02. The number of hydrogen-bond donors (Lipinski definition) is 0. The average Bonchev–Trinajstić information content (AvgIpc) is 3.24. The third-order valence-electron chi connectivity index (χ3n) is 4.22. The maximum Gasteiger partial charge on any atom is 0.209 e. The van der Waals surface area contributed by atoms with E-state index in [1.807, 2.05) is 50.2 Å². The molecule has 26 heavy (non-hydrogen) atoms. The van der Waals surface area contributed by atoms with Crippen molar-refractivity contribution in [3.05, 3.63) is 59.7 Å². The van der Waals surface area contributed by atoms with Gasteiger partial charge in [0.25, 0.3) is 0 Å². The third-order valence-corrected chi connectivity index (χ3v) is 5.07. The summed E-state index contributed by atoms with van der Waals surface area (Å²) in [6.07, 6.45) is 1.67. The van der Waals surface area contributed by atoms with Crippen LogP contribution >= 0.6 is 11.8 Å². The maximum absolute atomic E-state index is 12.6. The normalized spacial score (nSPS) is 11.0. The van der Waals surface area contributed by atoms with Gasteiger partial charge in [-0.05, 0) is 32.0 Å². The van der Waals surface area contributed by atoms with Gasteiger partial charge < -0.3 is 9.30 Å². The Morgan fingerprint density at radius 2 is 2.00 bits per heavy atom. The van der Waals surface area contributed by atoms with Gasteiger partial charge in [-0.25, -0.2) is 9.67 Å². The summed E-state index contributed by atoms with van der Waals surface area (Å²) in [5.41, 5.74) is 3.75. The van der Waals surface area contributed by atoms with Crippen molar-refractivity contribution in [1.29, 1.82) is 0 Å². The lowest BCUT2D eigenvalue weighted by atomic mass is 10.2. The largest absolute Gasteiger partial charge is 0.383 e. The molecule has 3 rings (SSSR count). The fourth-order valence-corrected chi connectivity index (χ4v) is 3.52. The van der Waals surface area contributed by atoms with Crippen LogP contribution in [0.4, 0.5) is 0 Å². The van der Waals surface area contributed by atoms with Gasteiger partial charge in [0, 0.05) is 30.6 Å². The molecule has 2 aromatic heterocycles. The molecule has 6 nitrogen and oxygen atoms in total. The van der Waals surface area contributed by atoms with E-state index < -0.39 is 0 Å². The summed E-state index contributed by atoms with van der Waals surface area (Å²) in [6.45, 7) is 5.36. The van der Waals surface area contributed by atoms with Gasteiger partial charge in [0.1, 0.15) is 6.33 Å². The predicted octanol–water partition coefficient (Wildman–Crippen LogP) is 3.31. The Labute approximate surface area is 157 Å². The van der Waals surface area contributed by atoms with Gasteiger partial charge in [0.15, 0.2) is 5.78 Å². The van der Waals surface area contributed by atoms with E-state index in [4.69, 9.17) is 4.74 Å². The molecule has 0 amide bonds. The minimum atomic E-state index is 0.0860. The number of carbonyl (C=O) groups is 1. The van der Waals surface area contributed by atoms with Crippen molar-refractivity contribution >= 4 is 17.5 Å². The van der Waals surface area contributed by atoms with Crippen molar-refractivity contribution in [3.63, 3.8) is 0 Å². The molecule has 0 radical (unpaired) electrons. The first-order chi connectivity index (χ1) is 12.6. The van der Waals surface area contributed by atoms with Crippen LogP contribution in [0.25, 0.3) is 5.69 Å². The zero-order valence-electron chi connectivity index (χ0n) is 15.2. The van der Waals surface area contributed by atoms with E-state index in [0.717, 1.165) is 29.2 Å². The molecular formula is C19H22N4O2S. The van der Waals surface area contributed by atoms with Gasteiger partial charge in [0.2, 0.25) is 5.16 Å². The molecule has 0 N–H and O–H groups in total. The molecule has 0 unspecified atom stereocenters. The lowest BCUT2D eigenvalue weighted by Crippen LogP contribution is -2.09. The topological polar surface area (TPSA) is 61.9 Å². The number of aryl methyl sites for hydroxylation is 1. The van der Waals surface area contributed by atoms with Gasteiger partial charge in [-0.3, -0.25) is 4.79 Å². The number of nitrogens with zero attached hydrogens (tertiary/aromatic N) is 4. The Bertz CT molecular complexity index is 886. The molecule has 7 heteroatoms. The van der Waals surface area contributed by atoms with Crippen LogP contribution in [0.5, 0.6) is 0 Å². The molecule has 0 saturated heterocycles. The number of aromatic nitrogens is 4. The monoisotopic (exact) mass is 370 g/mol. The van der Waals surface area contributed by atoms with Gasteiger partial charge in [-0.15, -0.1) is 5.10 Å². The molecule has 2 heterocycles. The number of rotatable bonds is 8. The zero-order valence-corrected chi connectivity index (χ0v) is 16.0. The number of methoxy groups -OCH3 is 1. The molecule has 0 spiro atoms. The summed E-state index contributed by atoms with van der Waals surface area (Å²) in [4.78, 5) is 16.9. The van der Waals surface area contributed by atoms with Crippen LogP contribution in [0, 0.1) is 13.8 Å². The van der Waals surface area contributed by atoms with E-state index in [1.54, 1.807) is 18.1 Å². The minimum absolute atomic E-state index is 0.0860. The first kappa shape index (κ1) is 18.4. The van der Waals surface area contributed by atoms with E-state index in [1.165, 1.54) is 11.8 Å². The number of hydrogen-bond acceptors (Lipinski definition) is 5. The highest BCUT2D eigenvalue weighted by Crippen LogP contribution is 2.20. The van der Waals surface area contributed by atoms with Gasteiger partial charge in [-0.2, -0.15) is 0 Å². The number of Topliss-reactive ketones (excluding diaryl/α,β-unsaturated/α-hetero) is 1. The second kappa shape index (κ2) is 8.33. The Kier molecular flexibility index (Phi) is 5.90. The summed E-state index contributed by atoms with van der Waals surface area (Å²) in [7, 11) is 1.68. The van der Waals surface area contributed by atoms with Gasteiger partial charge in [0.05, 0.1) is 18.0 Å². The van der Waals surface area contributed by atoms with E-state index in [9.17, 15) is 4.79 Å². The third kappa shape index (κ3) is 4.05. The number of carbonyl (C=O) groups excluding carboxylic acids is 1. The number of para-hydroxylation sites is 1. The number of ketones is 1. The van der Waals surface area contributed by atoms with Crippen molar-refractivity contribution in [1.82, 2.24) is 19.3 Å². The second-order valence-corrected chi connectivity index (χ2v) is 6.89. The minimum Gasteiger partial charge on any atom is -0.383 e. The van der Waals surface area contributed by atoms with Crippen LogP contribution in [0.3, 0.4) is 0 Å². The zero-order chi connectivity index (χ0) is 18.5. The Balaban J connectivity index is 1.65. The van der Waals surface area contributed by atoms with Crippen LogP contribution < -0.4 is 0 Å². The molecule has 3 aromatic rings. The van der Waals surface area contributed by atoms with Gasteiger partial charge in [-0.1, -0.05) is 30.0 Å². The lowest BCUT2D eigenvalue weighted by Gasteiger charge is -2.08. The summed E-state index contributed by atoms with van der Waals surface area (Å²) < 4.78 is 8.97. The molecule has 0 atom stereocenters. The number of ether oxygens (including phenoxy) is 1. The van der Waals surface area contributed by atoms with Crippen LogP contribution in [0.2, 0.25) is 0 Å². The van der Waals surface area contributed by atoms with Crippen molar-refractivity contribution in [2.45, 2.75) is 25.5 Å².